The van der Waals surface area contributed by atoms with Crippen molar-refractivity contribution >= 4 is 11.5 Å². The molecule has 23 heavy (non-hydrogen) atoms. The van der Waals surface area contributed by atoms with Crippen LogP contribution in [-0.4, -0.2) is 52.6 Å². The molecular formula is C14H19N9. The van der Waals surface area contributed by atoms with E-state index in [1.165, 1.54) is 17.5 Å². The molecule has 0 unspecified atom stereocenters. The summed E-state index contributed by atoms with van der Waals surface area (Å²) in [6.07, 6.45) is 3.51. The molecular weight excluding hydrogens is 294 g/mol. The van der Waals surface area contributed by atoms with Crippen LogP contribution in [0.25, 0.3) is 5.65 Å². The van der Waals surface area contributed by atoms with Crippen LogP contribution in [0.3, 0.4) is 0 Å². The fourth-order valence-corrected chi connectivity index (χ4v) is 3.22. The molecule has 9 heteroatoms. The molecule has 4 heterocycles. The van der Waals surface area contributed by atoms with E-state index in [1.54, 1.807) is 0 Å². The average molecular weight is 313 g/mol. The highest BCUT2D eigenvalue weighted by molar-refractivity contribution is 5.45. The fourth-order valence-electron chi connectivity index (χ4n) is 3.22. The topological polar surface area (TPSA) is 89.9 Å². The minimum atomic E-state index is 0.352. The summed E-state index contributed by atoms with van der Waals surface area (Å²) in [5.41, 5.74) is 0.657. The predicted octanol–water partition coefficient (Wildman–Crippen LogP) is 0.787. The number of tetrazole rings is 1. The Morgan fingerprint density at radius 3 is 2.91 bits per heavy atom. The van der Waals surface area contributed by atoms with Gasteiger partial charge in [-0.15, -0.1) is 14.8 Å². The smallest absolute Gasteiger partial charge is 0.200 e. The van der Waals surface area contributed by atoms with Crippen LogP contribution >= 0.6 is 0 Å². The Hall–Kier alpha value is -2.58. The number of nitrogens with zero attached hydrogens (tertiary/aromatic N) is 9. The van der Waals surface area contributed by atoms with Gasteiger partial charge in [0.15, 0.2) is 11.5 Å². The van der Waals surface area contributed by atoms with E-state index in [0.29, 0.717) is 11.7 Å². The highest BCUT2D eigenvalue weighted by Gasteiger charge is 2.25. The molecule has 0 N–H and O–H groups in total. The minimum Gasteiger partial charge on any atom is -0.350 e. The van der Waals surface area contributed by atoms with Crippen molar-refractivity contribution < 1.29 is 0 Å². The van der Waals surface area contributed by atoms with Gasteiger partial charge in [0.05, 0.1) is 12.6 Å². The third kappa shape index (κ3) is 2.62. The van der Waals surface area contributed by atoms with Crippen molar-refractivity contribution in [1.82, 2.24) is 40.0 Å². The molecule has 0 amide bonds. The van der Waals surface area contributed by atoms with E-state index in [9.17, 15) is 0 Å². The molecule has 0 bridgehead atoms. The zero-order valence-corrected chi connectivity index (χ0v) is 13.3. The number of aryl methyl sites for hydroxylation is 2. The molecule has 1 saturated heterocycles. The summed E-state index contributed by atoms with van der Waals surface area (Å²) in [6, 6.07) is 4.24. The van der Waals surface area contributed by atoms with E-state index in [0.717, 1.165) is 37.0 Å². The predicted molar refractivity (Wildman–Crippen MR) is 83.1 cm³/mol. The average Bonchev–Trinajstić information content (AvgIpc) is 3.13. The van der Waals surface area contributed by atoms with Gasteiger partial charge in [-0.05, 0) is 55.7 Å². The second kappa shape index (κ2) is 5.56. The molecule has 0 spiro atoms. The molecule has 1 fully saturated rings. The monoisotopic (exact) mass is 313 g/mol. The number of anilines is 1. The van der Waals surface area contributed by atoms with Gasteiger partial charge in [0.25, 0.3) is 0 Å². The number of hydrogen-bond donors (Lipinski definition) is 0. The lowest BCUT2D eigenvalue weighted by atomic mass is 10.0. The standard InChI is InChI=1S/C14H19N9/c1-10-15-11(2)22(17-10)9-12-5-3-4-8-21(12)14-7-6-13-16-19-20-23(13)18-14/h6-7,12H,3-5,8-9H2,1-2H3/t12-/m1/s1. The Morgan fingerprint density at radius 1 is 1.17 bits per heavy atom. The Labute approximate surface area is 133 Å². The highest BCUT2D eigenvalue weighted by Crippen LogP contribution is 2.24. The third-order valence-corrected chi connectivity index (χ3v) is 4.32. The number of rotatable bonds is 3. The Balaban J connectivity index is 1.63. The summed E-state index contributed by atoms with van der Waals surface area (Å²) in [4.78, 5) is 6.73. The van der Waals surface area contributed by atoms with Crippen LogP contribution in [0.15, 0.2) is 12.1 Å². The van der Waals surface area contributed by atoms with Gasteiger partial charge in [0.2, 0.25) is 0 Å². The molecule has 0 radical (unpaired) electrons. The molecule has 1 aliphatic rings. The van der Waals surface area contributed by atoms with Gasteiger partial charge in [0.1, 0.15) is 11.6 Å². The molecule has 0 saturated carbocycles. The van der Waals surface area contributed by atoms with Gasteiger partial charge in [-0.1, -0.05) is 0 Å². The lowest BCUT2D eigenvalue weighted by Crippen LogP contribution is -2.43. The molecule has 3 aromatic heterocycles. The lowest BCUT2D eigenvalue weighted by molar-refractivity contribution is 0.390. The second-order valence-electron chi connectivity index (χ2n) is 5.95. The molecule has 1 atom stereocenters. The first-order valence-corrected chi connectivity index (χ1v) is 7.91. The van der Waals surface area contributed by atoms with Crippen molar-refractivity contribution in [2.75, 3.05) is 11.4 Å². The quantitative estimate of drug-likeness (QED) is 0.706. The van der Waals surface area contributed by atoms with Crippen LogP contribution in [-0.2, 0) is 6.54 Å². The third-order valence-electron chi connectivity index (χ3n) is 4.32. The zero-order chi connectivity index (χ0) is 15.8. The highest BCUT2D eigenvalue weighted by atomic mass is 15.6. The maximum absolute atomic E-state index is 4.54. The Morgan fingerprint density at radius 2 is 2.09 bits per heavy atom. The first kappa shape index (κ1) is 14.0. The van der Waals surface area contributed by atoms with E-state index in [-0.39, 0.29) is 0 Å². The first-order chi connectivity index (χ1) is 11.2. The summed E-state index contributed by atoms with van der Waals surface area (Å²) in [7, 11) is 0. The van der Waals surface area contributed by atoms with Gasteiger partial charge in [-0.2, -0.15) is 5.10 Å². The normalized spacial score (nSPS) is 18.7. The van der Waals surface area contributed by atoms with Crippen LogP contribution in [0.4, 0.5) is 5.82 Å². The lowest BCUT2D eigenvalue weighted by Gasteiger charge is -2.36. The van der Waals surface area contributed by atoms with Gasteiger partial charge in [-0.25, -0.2) is 9.67 Å². The van der Waals surface area contributed by atoms with Crippen LogP contribution in [0.2, 0.25) is 0 Å². The number of piperidine rings is 1. The minimum absolute atomic E-state index is 0.352. The van der Waals surface area contributed by atoms with Crippen LogP contribution in [0.5, 0.6) is 0 Å². The molecule has 0 aromatic carbocycles. The number of hydrogen-bond acceptors (Lipinski definition) is 7. The van der Waals surface area contributed by atoms with E-state index in [1.807, 2.05) is 30.7 Å². The van der Waals surface area contributed by atoms with E-state index in [2.05, 4.69) is 35.6 Å². The summed E-state index contributed by atoms with van der Waals surface area (Å²) < 4.78 is 3.47. The number of aromatic nitrogens is 8. The SMILES string of the molecule is Cc1nc(C)n(C[C@H]2CCCCN2c2ccc3nnnn3n2)n1. The van der Waals surface area contributed by atoms with E-state index in [4.69, 9.17) is 0 Å². The van der Waals surface area contributed by atoms with Crippen molar-refractivity contribution in [1.29, 1.82) is 0 Å². The van der Waals surface area contributed by atoms with Gasteiger partial charge in [-0.3, -0.25) is 0 Å². The molecule has 0 aliphatic carbocycles. The molecule has 3 aromatic rings. The zero-order valence-electron chi connectivity index (χ0n) is 13.3. The fraction of sp³-hybridized carbons (Fsp3) is 0.571. The van der Waals surface area contributed by atoms with Crippen LogP contribution in [0.1, 0.15) is 30.9 Å². The Bertz CT molecular complexity index is 821. The van der Waals surface area contributed by atoms with Crippen molar-refractivity contribution in [3.8, 4) is 0 Å². The van der Waals surface area contributed by atoms with Gasteiger partial charge in [0, 0.05) is 6.54 Å². The maximum atomic E-state index is 4.54. The maximum Gasteiger partial charge on any atom is 0.200 e. The van der Waals surface area contributed by atoms with E-state index < -0.39 is 0 Å². The van der Waals surface area contributed by atoms with Crippen molar-refractivity contribution in [2.24, 2.45) is 0 Å². The summed E-state index contributed by atoms with van der Waals surface area (Å²) in [6.45, 7) is 5.73. The van der Waals surface area contributed by atoms with Crippen molar-refractivity contribution in [2.45, 2.75) is 45.7 Å². The summed E-state index contributed by atoms with van der Waals surface area (Å²) >= 11 is 0. The second-order valence-corrected chi connectivity index (χ2v) is 5.95. The molecule has 9 nitrogen and oxygen atoms in total. The van der Waals surface area contributed by atoms with Crippen molar-refractivity contribution in [3.63, 3.8) is 0 Å². The number of fused-ring (bicyclic) bond motifs is 1. The van der Waals surface area contributed by atoms with Crippen molar-refractivity contribution in [3.05, 3.63) is 23.8 Å². The largest absolute Gasteiger partial charge is 0.350 e. The summed E-state index contributed by atoms with van der Waals surface area (Å²) in [5, 5.41) is 20.5. The van der Waals surface area contributed by atoms with Gasteiger partial charge < -0.3 is 4.90 Å². The van der Waals surface area contributed by atoms with Crippen LogP contribution < -0.4 is 4.90 Å². The summed E-state index contributed by atoms with van der Waals surface area (Å²) in [5.74, 6) is 2.68. The van der Waals surface area contributed by atoms with Crippen LogP contribution in [0, 0.1) is 13.8 Å². The molecule has 4 rings (SSSR count). The molecule has 120 valence electrons. The van der Waals surface area contributed by atoms with E-state index >= 15 is 0 Å². The van der Waals surface area contributed by atoms with Gasteiger partial charge >= 0.3 is 0 Å². The first-order valence-electron chi connectivity index (χ1n) is 7.91. The molecule has 1 aliphatic heterocycles. The Kier molecular flexibility index (Phi) is 3.40.